The molecule has 5 unspecified atom stereocenters. The first-order valence-corrected chi connectivity index (χ1v) is 36.9. The van der Waals surface area contributed by atoms with Gasteiger partial charge in [-0.3, -0.25) is 32.5 Å². The lowest BCUT2D eigenvalue weighted by Crippen LogP contribution is -2.30. The number of hydrogen-bond acceptors (Lipinski definition) is 14. The van der Waals surface area contributed by atoms with Gasteiger partial charge in [0, 0.05) is 19.3 Å². The summed E-state index contributed by atoms with van der Waals surface area (Å²) in [5, 5.41) is 20.5. The van der Waals surface area contributed by atoms with E-state index in [9.17, 15) is 43.5 Å². The van der Waals surface area contributed by atoms with Gasteiger partial charge in [-0.05, 0) is 96.3 Å². The van der Waals surface area contributed by atoms with Gasteiger partial charge in [-0.15, -0.1) is 0 Å². The first-order valence-electron chi connectivity index (χ1n) is 33.9. The molecule has 0 spiro atoms. The van der Waals surface area contributed by atoms with E-state index in [2.05, 4.69) is 106 Å². The van der Waals surface area contributed by atoms with E-state index < -0.39 is 91.5 Å². The average molecular weight is 1270 g/mol. The van der Waals surface area contributed by atoms with E-state index in [4.69, 9.17) is 32.3 Å². The van der Waals surface area contributed by atoms with Gasteiger partial charge in [0.25, 0.3) is 0 Å². The van der Waals surface area contributed by atoms with Crippen molar-refractivity contribution in [1.29, 1.82) is 0 Å². The Kier molecular flexibility index (Phi) is 60.5. The smallest absolute Gasteiger partial charge is 0.463 e. The molecule has 0 heterocycles. The maximum Gasteiger partial charge on any atom is 0.472 e. The average Bonchev–Trinajstić information content (AvgIpc) is 3.56. The highest BCUT2D eigenvalue weighted by molar-refractivity contribution is 7.47. The van der Waals surface area contributed by atoms with E-state index in [0.717, 1.165) is 135 Å². The highest BCUT2D eigenvalue weighted by atomic mass is 31.2. The molecule has 0 aliphatic heterocycles. The molecule has 0 aromatic carbocycles. The van der Waals surface area contributed by atoms with E-state index in [-0.39, 0.29) is 19.3 Å². The number of esters is 3. The predicted octanol–water partition coefficient (Wildman–Crippen LogP) is 18.5. The lowest BCUT2D eigenvalue weighted by atomic mass is 10.1. The normalized spacial score (nSPS) is 14.8. The number of aliphatic hydroxyl groups is 2. The number of aliphatic hydroxyl groups excluding tert-OH is 2. The van der Waals surface area contributed by atoms with Crippen LogP contribution in [0.5, 0.6) is 0 Å². The van der Waals surface area contributed by atoms with Gasteiger partial charge in [0.1, 0.15) is 25.4 Å². The molecule has 0 amide bonds. The summed E-state index contributed by atoms with van der Waals surface area (Å²) >= 11 is 0. The van der Waals surface area contributed by atoms with Gasteiger partial charge >= 0.3 is 33.6 Å². The van der Waals surface area contributed by atoms with Crippen LogP contribution in [0.15, 0.2) is 85.1 Å². The monoisotopic (exact) mass is 1270 g/mol. The van der Waals surface area contributed by atoms with Crippen LogP contribution in [0.25, 0.3) is 0 Å². The van der Waals surface area contributed by atoms with Crippen molar-refractivity contribution in [2.45, 2.75) is 296 Å². The molecule has 18 heteroatoms. The van der Waals surface area contributed by atoms with Crippen LogP contribution < -0.4 is 0 Å². The van der Waals surface area contributed by atoms with Gasteiger partial charge in [0.15, 0.2) is 6.10 Å². The molecule has 0 aromatic heterocycles. The SMILES string of the molecule is CC/C=C\C/C=C\C/C=C\C/C=C\C/C=C\CCCCCCCCCCCC(=O)OCC(O)COP(=O)(O)OCC(O)COP(=O)(O)OCC(COC(=O)CCCCCCC/C=C\C/C=C\CCCCC)OC(=O)CCCCCCCCCCCCC. The first kappa shape index (κ1) is 83.7. The van der Waals surface area contributed by atoms with Gasteiger partial charge in [-0.2, -0.15) is 0 Å². The number of ether oxygens (including phenoxy) is 3. The molecule has 5 atom stereocenters. The third-order valence-electron chi connectivity index (χ3n) is 14.1. The topological polar surface area (TPSA) is 231 Å². The highest BCUT2D eigenvalue weighted by Crippen LogP contribution is 2.45. The first-order chi connectivity index (χ1) is 42.2. The zero-order valence-electron chi connectivity index (χ0n) is 54.4. The fraction of sp³-hybridized carbons (Fsp3) is 0.754. The molecular weight excluding hydrogens is 1150 g/mol. The van der Waals surface area contributed by atoms with Crippen molar-refractivity contribution in [2.24, 2.45) is 0 Å². The minimum Gasteiger partial charge on any atom is -0.463 e. The maximum atomic E-state index is 12.8. The van der Waals surface area contributed by atoms with Crippen LogP contribution in [0.4, 0.5) is 0 Å². The fourth-order valence-electron chi connectivity index (χ4n) is 8.92. The molecule has 16 nitrogen and oxygen atoms in total. The fourth-order valence-corrected chi connectivity index (χ4v) is 10.5. The van der Waals surface area contributed by atoms with Crippen molar-refractivity contribution >= 4 is 33.6 Å². The van der Waals surface area contributed by atoms with E-state index in [0.29, 0.717) is 19.3 Å². The van der Waals surface area contributed by atoms with Crippen molar-refractivity contribution < 1.29 is 75.8 Å². The van der Waals surface area contributed by atoms with Crippen LogP contribution in [-0.4, -0.2) is 95.9 Å². The Hall–Kier alpha value is -3.27. The summed E-state index contributed by atoms with van der Waals surface area (Å²) in [5.74, 6) is -1.59. The van der Waals surface area contributed by atoms with Crippen LogP contribution >= 0.6 is 15.6 Å². The molecule has 504 valence electrons. The van der Waals surface area contributed by atoms with Gasteiger partial charge in [-0.25, -0.2) is 9.13 Å². The second kappa shape index (κ2) is 62.9. The molecule has 0 rings (SSSR count). The zero-order chi connectivity index (χ0) is 63.8. The molecule has 0 saturated carbocycles. The van der Waals surface area contributed by atoms with Gasteiger partial charge in [0.05, 0.1) is 26.4 Å². The summed E-state index contributed by atoms with van der Waals surface area (Å²) in [6, 6.07) is 0. The number of unbranched alkanes of at least 4 members (excludes halogenated alkanes) is 27. The second-order valence-electron chi connectivity index (χ2n) is 22.6. The second-order valence-corrected chi connectivity index (χ2v) is 25.5. The standard InChI is InChI=1S/C69H122O16P2/c1-4-7-10-13-16-19-22-24-26-27-28-29-30-31-32-33-34-35-37-39-41-43-46-49-52-55-67(72)79-58-64(70)59-81-86(75,76)82-60-65(71)61-83-87(77,78)84-63-66(85-69(74)57-54-51-48-45-40-21-18-15-12-9-6-3)62-80-68(73)56-53-50-47-44-42-38-36-25-23-20-17-14-11-8-5-2/h7,10,16-17,19-20,24-26,28-29,31-32,36,64-66,70-71H,4-6,8-9,11-15,18,21-23,27,30,33-35,37-63H2,1-3H3,(H,75,76)(H,77,78)/b10-7-,19-16-,20-17-,26-24-,29-28-,32-31-,36-25-. The molecule has 0 aliphatic carbocycles. The summed E-state index contributed by atoms with van der Waals surface area (Å²) in [4.78, 5) is 58.2. The predicted molar refractivity (Wildman–Crippen MR) is 353 cm³/mol. The molecule has 0 aliphatic rings. The molecular formula is C69H122O16P2. The third kappa shape index (κ3) is 64.1. The Bertz CT molecular complexity index is 1930. The van der Waals surface area contributed by atoms with Crippen LogP contribution in [-0.2, 0) is 55.8 Å². The number of phosphoric ester groups is 2. The number of allylic oxidation sites excluding steroid dienone is 14. The van der Waals surface area contributed by atoms with Gasteiger partial charge in [0.2, 0.25) is 0 Å². The van der Waals surface area contributed by atoms with Crippen molar-refractivity contribution in [2.75, 3.05) is 39.6 Å². The minimum atomic E-state index is -4.92. The lowest BCUT2D eigenvalue weighted by molar-refractivity contribution is -0.161. The van der Waals surface area contributed by atoms with Crippen molar-refractivity contribution in [3.8, 4) is 0 Å². The Morgan fingerprint density at radius 1 is 0.333 bits per heavy atom. The largest absolute Gasteiger partial charge is 0.472 e. The van der Waals surface area contributed by atoms with E-state index in [1.165, 1.54) is 83.5 Å². The van der Waals surface area contributed by atoms with Gasteiger partial charge in [-0.1, -0.05) is 247 Å². The highest BCUT2D eigenvalue weighted by Gasteiger charge is 2.29. The summed E-state index contributed by atoms with van der Waals surface area (Å²) < 4.78 is 60.8. The van der Waals surface area contributed by atoms with Crippen LogP contribution in [0.1, 0.15) is 278 Å². The summed E-state index contributed by atoms with van der Waals surface area (Å²) in [5.41, 5.74) is 0. The van der Waals surface area contributed by atoms with Crippen LogP contribution in [0.3, 0.4) is 0 Å². The number of carbonyl (C=O) groups excluding carboxylic acids is 3. The Labute approximate surface area is 527 Å². The zero-order valence-corrected chi connectivity index (χ0v) is 56.2. The van der Waals surface area contributed by atoms with E-state index in [1.54, 1.807) is 0 Å². The Morgan fingerprint density at radius 3 is 0.989 bits per heavy atom. The summed E-state index contributed by atoms with van der Waals surface area (Å²) in [6.45, 7) is 2.50. The number of hydrogen-bond donors (Lipinski definition) is 4. The molecule has 0 radical (unpaired) electrons. The van der Waals surface area contributed by atoms with Crippen LogP contribution in [0.2, 0.25) is 0 Å². The van der Waals surface area contributed by atoms with Crippen molar-refractivity contribution in [3.05, 3.63) is 85.1 Å². The summed E-state index contributed by atoms with van der Waals surface area (Å²) in [7, 11) is -9.76. The lowest BCUT2D eigenvalue weighted by Gasteiger charge is -2.21. The molecule has 87 heavy (non-hydrogen) atoms. The summed E-state index contributed by atoms with van der Waals surface area (Å²) in [6.07, 6.45) is 66.5. The quantitative estimate of drug-likeness (QED) is 0.0146. The van der Waals surface area contributed by atoms with Crippen molar-refractivity contribution in [3.63, 3.8) is 0 Å². The Balaban J connectivity index is 4.50. The number of carbonyl (C=O) groups is 3. The number of rotatable bonds is 64. The third-order valence-corrected chi connectivity index (χ3v) is 16.0. The Morgan fingerprint density at radius 2 is 0.609 bits per heavy atom. The molecule has 4 N–H and O–H groups in total. The van der Waals surface area contributed by atoms with Crippen LogP contribution in [0, 0.1) is 0 Å². The molecule has 0 fully saturated rings. The van der Waals surface area contributed by atoms with Gasteiger partial charge < -0.3 is 34.2 Å². The van der Waals surface area contributed by atoms with Crippen molar-refractivity contribution in [1.82, 2.24) is 0 Å². The minimum absolute atomic E-state index is 0.105. The molecule has 0 bridgehead atoms. The molecule has 0 saturated heterocycles. The number of phosphoric acid groups is 2. The maximum absolute atomic E-state index is 12.8. The van der Waals surface area contributed by atoms with E-state index >= 15 is 0 Å². The molecule has 0 aromatic rings. The van der Waals surface area contributed by atoms with E-state index in [1.807, 2.05) is 0 Å².